The van der Waals surface area contributed by atoms with E-state index >= 15 is 0 Å². The van der Waals surface area contributed by atoms with E-state index in [-0.39, 0.29) is 11.9 Å². The molecule has 0 bridgehead atoms. The number of likely N-dealkylation sites (N-methyl/N-ethyl adjacent to an activating group) is 1. The van der Waals surface area contributed by atoms with Crippen LogP contribution in [0.4, 0.5) is 0 Å². The summed E-state index contributed by atoms with van der Waals surface area (Å²) < 4.78 is 1.10. The number of rotatable bonds is 4. The lowest BCUT2D eigenvalue weighted by Crippen LogP contribution is -2.39. The van der Waals surface area contributed by atoms with Crippen molar-refractivity contribution in [3.63, 3.8) is 0 Å². The Kier molecular flexibility index (Phi) is 4.10. The largest absolute Gasteiger partial charge is 0.368 e. The minimum atomic E-state index is -0.289. The van der Waals surface area contributed by atoms with E-state index in [0.717, 1.165) is 10.3 Å². The van der Waals surface area contributed by atoms with E-state index in [1.165, 1.54) is 4.88 Å². The second-order valence-electron chi connectivity index (χ2n) is 3.20. The number of carbonyl (C=O) groups is 1. The molecule has 0 radical (unpaired) electrons. The molecule has 0 aromatic carbocycles. The summed E-state index contributed by atoms with van der Waals surface area (Å²) in [7, 11) is 1.89. The number of amides is 1. The second-order valence-corrected chi connectivity index (χ2v) is 5.75. The van der Waals surface area contributed by atoms with Gasteiger partial charge in [0.1, 0.15) is 0 Å². The third-order valence-corrected chi connectivity index (χ3v) is 3.72. The molecule has 0 aliphatic rings. The SMILES string of the molecule is C[C@H](C(N)=O)N(C)Cc1ccc(Br)s1. The molecule has 78 valence electrons. The fraction of sp³-hybridized carbons (Fsp3) is 0.444. The van der Waals surface area contributed by atoms with Gasteiger partial charge in [-0.15, -0.1) is 11.3 Å². The van der Waals surface area contributed by atoms with Crippen molar-refractivity contribution < 1.29 is 4.79 Å². The number of hydrogen-bond donors (Lipinski definition) is 1. The summed E-state index contributed by atoms with van der Waals surface area (Å²) in [6.45, 7) is 2.56. The van der Waals surface area contributed by atoms with Crippen LogP contribution >= 0.6 is 27.3 Å². The molecule has 0 saturated carbocycles. The first kappa shape index (κ1) is 11.7. The van der Waals surface area contributed by atoms with Gasteiger partial charge in [-0.1, -0.05) is 0 Å². The van der Waals surface area contributed by atoms with Gasteiger partial charge >= 0.3 is 0 Å². The van der Waals surface area contributed by atoms with Crippen molar-refractivity contribution in [1.82, 2.24) is 4.90 Å². The lowest BCUT2D eigenvalue weighted by molar-refractivity contribution is -0.122. The number of nitrogens with zero attached hydrogens (tertiary/aromatic N) is 1. The maximum atomic E-state index is 10.9. The van der Waals surface area contributed by atoms with Crippen LogP contribution in [0.5, 0.6) is 0 Å². The molecule has 14 heavy (non-hydrogen) atoms. The van der Waals surface area contributed by atoms with Gasteiger partial charge in [0.05, 0.1) is 9.83 Å². The van der Waals surface area contributed by atoms with E-state index < -0.39 is 0 Å². The molecule has 0 fully saturated rings. The maximum Gasteiger partial charge on any atom is 0.234 e. The number of thiophene rings is 1. The second kappa shape index (κ2) is 4.91. The molecule has 1 aromatic heterocycles. The molecule has 1 amide bonds. The van der Waals surface area contributed by atoms with E-state index in [2.05, 4.69) is 15.9 Å². The van der Waals surface area contributed by atoms with Gasteiger partial charge in [0.15, 0.2) is 0 Å². The Labute approximate surface area is 96.0 Å². The normalized spacial score (nSPS) is 13.1. The molecule has 1 atom stereocenters. The molecule has 0 aliphatic carbocycles. The topological polar surface area (TPSA) is 46.3 Å². The predicted molar refractivity (Wildman–Crippen MR) is 62.1 cm³/mol. The average Bonchev–Trinajstić information content (AvgIpc) is 2.49. The van der Waals surface area contributed by atoms with Gasteiger partial charge in [0.2, 0.25) is 5.91 Å². The molecule has 2 N–H and O–H groups in total. The minimum Gasteiger partial charge on any atom is -0.368 e. The highest BCUT2D eigenvalue weighted by molar-refractivity contribution is 9.11. The fourth-order valence-electron chi connectivity index (χ4n) is 1.04. The standard InChI is InChI=1S/C9H13BrN2OS/c1-6(9(11)13)12(2)5-7-3-4-8(10)14-7/h3-4,6H,5H2,1-2H3,(H2,11,13)/t6-/m1/s1. The lowest BCUT2D eigenvalue weighted by atomic mass is 10.3. The Morgan fingerprint density at radius 1 is 1.71 bits per heavy atom. The monoisotopic (exact) mass is 276 g/mol. The Morgan fingerprint density at radius 3 is 2.79 bits per heavy atom. The molecule has 0 saturated heterocycles. The van der Waals surface area contributed by atoms with Gasteiger partial charge < -0.3 is 5.73 Å². The summed E-state index contributed by atoms with van der Waals surface area (Å²) in [6, 6.07) is 3.82. The third kappa shape index (κ3) is 3.08. The van der Waals surface area contributed by atoms with E-state index in [9.17, 15) is 4.79 Å². The zero-order valence-electron chi connectivity index (χ0n) is 8.16. The van der Waals surface area contributed by atoms with E-state index in [0.29, 0.717) is 0 Å². The molecule has 0 aliphatic heterocycles. The van der Waals surface area contributed by atoms with Crippen LogP contribution in [0.2, 0.25) is 0 Å². The van der Waals surface area contributed by atoms with Crippen molar-refractivity contribution in [3.05, 3.63) is 20.8 Å². The molecule has 1 heterocycles. The van der Waals surface area contributed by atoms with Gasteiger partial charge in [-0.05, 0) is 42.0 Å². The lowest BCUT2D eigenvalue weighted by Gasteiger charge is -2.20. The molecule has 0 spiro atoms. The maximum absolute atomic E-state index is 10.9. The van der Waals surface area contributed by atoms with Gasteiger partial charge in [-0.25, -0.2) is 0 Å². The van der Waals surface area contributed by atoms with Crippen molar-refractivity contribution in [1.29, 1.82) is 0 Å². The highest BCUT2D eigenvalue weighted by atomic mass is 79.9. The van der Waals surface area contributed by atoms with Gasteiger partial charge in [-0.2, -0.15) is 0 Å². The van der Waals surface area contributed by atoms with Crippen LogP contribution in [0.1, 0.15) is 11.8 Å². The molecule has 1 rings (SSSR count). The van der Waals surface area contributed by atoms with Crippen LogP contribution < -0.4 is 5.73 Å². The molecule has 1 aromatic rings. The van der Waals surface area contributed by atoms with Crippen molar-refractivity contribution in [2.75, 3.05) is 7.05 Å². The smallest absolute Gasteiger partial charge is 0.234 e. The summed E-state index contributed by atoms with van der Waals surface area (Å²) >= 11 is 5.06. The van der Waals surface area contributed by atoms with Crippen LogP contribution in [-0.2, 0) is 11.3 Å². The van der Waals surface area contributed by atoms with Crippen LogP contribution in [0.15, 0.2) is 15.9 Å². The molecule has 3 nitrogen and oxygen atoms in total. The van der Waals surface area contributed by atoms with Crippen LogP contribution in [0.3, 0.4) is 0 Å². The summed E-state index contributed by atoms with van der Waals surface area (Å²) in [5.41, 5.74) is 5.21. The third-order valence-electron chi connectivity index (χ3n) is 2.11. The number of primary amides is 1. The van der Waals surface area contributed by atoms with E-state index in [4.69, 9.17) is 5.73 Å². The summed E-state index contributed by atoms with van der Waals surface area (Å²) in [6.07, 6.45) is 0. The van der Waals surface area contributed by atoms with E-state index in [1.54, 1.807) is 11.3 Å². The molecular weight excluding hydrogens is 264 g/mol. The first-order chi connectivity index (χ1) is 6.50. The number of carbonyl (C=O) groups excluding carboxylic acids is 1. The predicted octanol–water partition coefficient (Wildman–Crippen LogP) is 1.82. The highest BCUT2D eigenvalue weighted by Crippen LogP contribution is 2.23. The van der Waals surface area contributed by atoms with Gasteiger partial charge in [0.25, 0.3) is 0 Å². The van der Waals surface area contributed by atoms with Crippen molar-refractivity contribution in [3.8, 4) is 0 Å². The van der Waals surface area contributed by atoms with Crippen LogP contribution in [0.25, 0.3) is 0 Å². The number of nitrogens with two attached hydrogens (primary N) is 1. The minimum absolute atomic E-state index is 0.226. The first-order valence-electron chi connectivity index (χ1n) is 4.24. The van der Waals surface area contributed by atoms with Crippen molar-refractivity contribution >= 4 is 33.2 Å². The van der Waals surface area contributed by atoms with Gasteiger partial charge in [0, 0.05) is 11.4 Å². The van der Waals surface area contributed by atoms with E-state index in [1.807, 2.05) is 31.0 Å². The number of halogens is 1. The number of hydrogen-bond acceptors (Lipinski definition) is 3. The van der Waals surface area contributed by atoms with Crippen molar-refractivity contribution in [2.24, 2.45) is 5.73 Å². The summed E-state index contributed by atoms with van der Waals surface area (Å²) in [5.74, 6) is -0.289. The average molecular weight is 277 g/mol. The fourth-order valence-corrected chi connectivity index (χ4v) is 2.58. The quantitative estimate of drug-likeness (QED) is 0.912. The zero-order valence-corrected chi connectivity index (χ0v) is 10.6. The zero-order chi connectivity index (χ0) is 10.7. The summed E-state index contributed by atoms with van der Waals surface area (Å²) in [5, 5.41) is 0. The highest BCUT2D eigenvalue weighted by Gasteiger charge is 2.15. The van der Waals surface area contributed by atoms with Gasteiger partial charge in [-0.3, -0.25) is 9.69 Å². The molecule has 5 heteroatoms. The molecular formula is C9H13BrN2OS. The van der Waals surface area contributed by atoms with Crippen LogP contribution in [-0.4, -0.2) is 23.9 Å². The summed E-state index contributed by atoms with van der Waals surface area (Å²) in [4.78, 5) is 14.1. The van der Waals surface area contributed by atoms with Crippen molar-refractivity contribution in [2.45, 2.75) is 19.5 Å². The Hall–Kier alpha value is -0.390. The Bertz CT molecular complexity index is 326. The Balaban J connectivity index is 2.56. The first-order valence-corrected chi connectivity index (χ1v) is 5.85. The Morgan fingerprint density at radius 2 is 2.36 bits per heavy atom. The molecule has 0 unspecified atom stereocenters. The van der Waals surface area contributed by atoms with Crippen LogP contribution in [0, 0.1) is 0 Å².